The summed E-state index contributed by atoms with van der Waals surface area (Å²) in [5, 5.41) is 7.08. The van der Waals surface area contributed by atoms with Crippen LogP contribution in [0.15, 0.2) is 64.8 Å². The Balaban J connectivity index is 1.41. The van der Waals surface area contributed by atoms with Crippen LogP contribution in [0.4, 0.5) is 11.4 Å². The Morgan fingerprint density at radius 1 is 0.972 bits per heavy atom. The number of hydrogen-bond donors (Lipinski definition) is 2. The predicted molar refractivity (Wildman–Crippen MR) is 145 cm³/mol. The maximum Gasteiger partial charge on any atom is 0.255 e. The van der Waals surface area contributed by atoms with Crippen LogP contribution < -0.4 is 15.4 Å². The molecule has 5 rings (SSSR count). The number of aliphatic imine (C=N–C) groups is 1. The van der Waals surface area contributed by atoms with E-state index in [0.29, 0.717) is 11.3 Å². The molecule has 0 spiro atoms. The van der Waals surface area contributed by atoms with E-state index in [1.54, 1.807) is 18.9 Å². The van der Waals surface area contributed by atoms with Gasteiger partial charge in [-0.25, -0.2) is 4.99 Å². The second kappa shape index (κ2) is 10.8. The Hall–Kier alpha value is -3.26. The standard InChI is InChI=1S/C28H32N4O3S/c1-18-24(27(34)31-22-12-14-23(35-2)15-13-22)25(32-16-5-17-36-28(32)29-18)19-8-10-21(11-9-19)30-26(33)20-6-3-4-7-20/h8-15,20,25H,3-7,16-17H2,1-2H3,(H,30,33)(H,31,34). The molecule has 36 heavy (non-hydrogen) atoms. The zero-order valence-electron chi connectivity index (χ0n) is 20.8. The highest BCUT2D eigenvalue weighted by Crippen LogP contribution is 2.40. The molecule has 1 saturated heterocycles. The van der Waals surface area contributed by atoms with Gasteiger partial charge in [0.05, 0.1) is 24.4 Å². The van der Waals surface area contributed by atoms with Gasteiger partial charge in [-0.2, -0.15) is 0 Å². The molecule has 1 aliphatic carbocycles. The maximum absolute atomic E-state index is 13.6. The summed E-state index contributed by atoms with van der Waals surface area (Å²) in [6.07, 6.45) is 5.23. The first kappa shape index (κ1) is 24.4. The van der Waals surface area contributed by atoms with Gasteiger partial charge in [0.25, 0.3) is 5.91 Å². The van der Waals surface area contributed by atoms with Crippen molar-refractivity contribution in [3.8, 4) is 5.75 Å². The van der Waals surface area contributed by atoms with E-state index in [-0.39, 0.29) is 23.8 Å². The molecule has 2 aliphatic heterocycles. The third-order valence-electron chi connectivity index (χ3n) is 7.07. The number of thioether (sulfide) groups is 1. The maximum atomic E-state index is 13.6. The number of allylic oxidation sites excluding steroid dienone is 1. The predicted octanol–water partition coefficient (Wildman–Crippen LogP) is 5.59. The summed E-state index contributed by atoms with van der Waals surface area (Å²) in [4.78, 5) is 33.2. The molecule has 3 aliphatic rings. The fourth-order valence-electron chi connectivity index (χ4n) is 5.16. The average Bonchev–Trinajstić information content (AvgIpc) is 3.44. The van der Waals surface area contributed by atoms with Gasteiger partial charge in [-0.15, -0.1) is 0 Å². The lowest BCUT2D eigenvalue weighted by molar-refractivity contribution is -0.119. The monoisotopic (exact) mass is 504 g/mol. The number of nitrogens with zero attached hydrogens (tertiary/aromatic N) is 2. The van der Waals surface area contributed by atoms with Crippen molar-refractivity contribution in [2.45, 2.75) is 45.1 Å². The highest BCUT2D eigenvalue weighted by atomic mass is 32.2. The number of ether oxygens (including phenoxy) is 1. The van der Waals surface area contributed by atoms with Crippen LogP contribution >= 0.6 is 11.8 Å². The van der Waals surface area contributed by atoms with Crippen LogP contribution in [0.5, 0.6) is 5.75 Å². The third-order valence-corrected chi connectivity index (χ3v) is 8.15. The van der Waals surface area contributed by atoms with E-state index in [1.807, 2.05) is 55.5 Å². The fourth-order valence-corrected chi connectivity index (χ4v) is 6.18. The molecule has 188 valence electrons. The smallest absolute Gasteiger partial charge is 0.255 e. The molecule has 1 atom stereocenters. The van der Waals surface area contributed by atoms with E-state index < -0.39 is 0 Å². The molecule has 1 unspecified atom stereocenters. The molecule has 2 N–H and O–H groups in total. The van der Waals surface area contributed by atoms with Crippen molar-refractivity contribution in [1.82, 2.24) is 4.90 Å². The van der Waals surface area contributed by atoms with Crippen molar-refractivity contribution in [3.05, 3.63) is 65.4 Å². The van der Waals surface area contributed by atoms with Gasteiger partial charge in [-0.05, 0) is 68.1 Å². The minimum absolute atomic E-state index is 0.107. The average molecular weight is 505 g/mol. The van der Waals surface area contributed by atoms with Crippen LogP contribution in [0, 0.1) is 5.92 Å². The minimum Gasteiger partial charge on any atom is -0.497 e. The van der Waals surface area contributed by atoms with Gasteiger partial charge < -0.3 is 20.3 Å². The number of carbonyl (C=O) groups is 2. The third kappa shape index (κ3) is 5.14. The summed E-state index contributed by atoms with van der Waals surface area (Å²) in [5.74, 6) is 1.81. The molecule has 2 heterocycles. The first-order chi connectivity index (χ1) is 17.5. The van der Waals surface area contributed by atoms with Crippen LogP contribution in [-0.2, 0) is 9.59 Å². The SMILES string of the molecule is COc1ccc(NC(=O)C2=C(C)N=C3SCCCN3C2c2ccc(NC(=O)C3CCCC3)cc2)cc1. The van der Waals surface area contributed by atoms with Gasteiger partial charge in [-0.1, -0.05) is 36.7 Å². The highest BCUT2D eigenvalue weighted by Gasteiger charge is 2.37. The van der Waals surface area contributed by atoms with Crippen molar-refractivity contribution in [1.29, 1.82) is 0 Å². The lowest BCUT2D eigenvalue weighted by atomic mass is 9.93. The molecule has 7 nitrogen and oxygen atoms in total. The van der Waals surface area contributed by atoms with E-state index in [1.165, 1.54) is 0 Å². The zero-order chi connectivity index (χ0) is 25.1. The van der Waals surface area contributed by atoms with E-state index >= 15 is 0 Å². The summed E-state index contributed by atoms with van der Waals surface area (Å²) in [5.41, 5.74) is 3.86. The first-order valence-electron chi connectivity index (χ1n) is 12.6. The second-order valence-electron chi connectivity index (χ2n) is 9.47. The summed E-state index contributed by atoms with van der Waals surface area (Å²) in [6.45, 7) is 2.74. The largest absolute Gasteiger partial charge is 0.497 e. The number of fused-ring (bicyclic) bond motifs is 1. The van der Waals surface area contributed by atoms with Crippen LogP contribution in [0.3, 0.4) is 0 Å². The van der Waals surface area contributed by atoms with Gasteiger partial charge in [-0.3, -0.25) is 9.59 Å². The van der Waals surface area contributed by atoms with Crippen LogP contribution in [0.25, 0.3) is 0 Å². The van der Waals surface area contributed by atoms with Gasteiger partial charge in [0, 0.05) is 29.6 Å². The molecule has 0 bridgehead atoms. The number of rotatable bonds is 6. The van der Waals surface area contributed by atoms with Gasteiger partial charge in [0.15, 0.2) is 5.17 Å². The molecule has 0 radical (unpaired) electrons. The van der Waals surface area contributed by atoms with Crippen LogP contribution in [0.2, 0.25) is 0 Å². The summed E-state index contributed by atoms with van der Waals surface area (Å²) >= 11 is 1.74. The van der Waals surface area contributed by atoms with E-state index in [0.717, 1.165) is 72.3 Å². The van der Waals surface area contributed by atoms with E-state index in [9.17, 15) is 9.59 Å². The zero-order valence-corrected chi connectivity index (χ0v) is 21.6. The number of carbonyl (C=O) groups excluding carboxylic acids is 2. The van der Waals surface area contributed by atoms with Crippen molar-refractivity contribution >= 4 is 40.1 Å². The normalized spacial score (nSPS) is 20.0. The number of amidine groups is 1. The number of benzene rings is 2. The molecular formula is C28H32N4O3S. The number of amides is 2. The van der Waals surface area contributed by atoms with E-state index in [2.05, 4.69) is 15.5 Å². The molecule has 2 fully saturated rings. The molecule has 0 aromatic heterocycles. The van der Waals surface area contributed by atoms with Gasteiger partial charge in [0.2, 0.25) is 5.91 Å². The molecule has 1 saturated carbocycles. The highest BCUT2D eigenvalue weighted by molar-refractivity contribution is 8.13. The lowest BCUT2D eigenvalue weighted by Crippen LogP contribution is -2.43. The van der Waals surface area contributed by atoms with Crippen LogP contribution in [-0.4, -0.2) is 41.3 Å². The Kier molecular flexibility index (Phi) is 7.32. The van der Waals surface area contributed by atoms with Crippen molar-refractivity contribution < 1.29 is 14.3 Å². The number of methoxy groups -OCH3 is 1. The molecule has 2 amide bonds. The number of nitrogens with one attached hydrogen (secondary N) is 2. The molecule has 2 aromatic carbocycles. The first-order valence-corrected chi connectivity index (χ1v) is 13.6. The lowest BCUT2D eigenvalue weighted by Gasteiger charge is -2.41. The van der Waals surface area contributed by atoms with Crippen molar-refractivity contribution in [2.75, 3.05) is 30.0 Å². The van der Waals surface area contributed by atoms with Crippen LogP contribution in [0.1, 0.15) is 50.6 Å². The molecule has 2 aromatic rings. The van der Waals surface area contributed by atoms with Gasteiger partial charge in [0.1, 0.15) is 5.75 Å². The quantitative estimate of drug-likeness (QED) is 0.536. The molecule has 8 heteroatoms. The Morgan fingerprint density at radius 2 is 1.64 bits per heavy atom. The minimum atomic E-state index is -0.247. The Morgan fingerprint density at radius 3 is 2.33 bits per heavy atom. The van der Waals surface area contributed by atoms with Crippen molar-refractivity contribution in [3.63, 3.8) is 0 Å². The molecular weight excluding hydrogens is 472 g/mol. The second-order valence-corrected chi connectivity index (χ2v) is 10.5. The number of anilines is 2. The summed E-state index contributed by atoms with van der Waals surface area (Å²) < 4.78 is 5.23. The summed E-state index contributed by atoms with van der Waals surface area (Å²) in [7, 11) is 1.62. The number of hydrogen-bond acceptors (Lipinski definition) is 6. The Labute approximate surface area is 216 Å². The topological polar surface area (TPSA) is 83.0 Å². The van der Waals surface area contributed by atoms with E-state index in [4.69, 9.17) is 9.73 Å². The van der Waals surface area contributed by atoms with Gasteiger partial charge >= 0.3 is 0 Å². The van der Waals surface area contributed by atoms with Crippen molar-refractivity contribution in [2.24, 2.45) is 10.9 Å². The fraction of sp³-hybridized carbons (Fsp3) is 0.393. The Bertz CT molecular complexity index is 1180. The summed E-state index contributed by atoms with van der Waals surface area (Å²) in [6, 6.07) is 15.0.